The van der Waals surface area contributed by atoms with E-state index >= 15 is 0 Å². The van der Waals surface area contributed by atoms with E-state index in [4.69, 9.17) is 5.73 Å². The number of carbonyl (C=O) groups is 2. The molecule has 4 nitrogen and oxygen atoms in total. The van der Waals surface area contributed by atoms with E-state index in [9.17, 15) is 22.8 Å². The third-order valence-corrected chi connectivity index (χ3v) is 4.68. The van der Waals surface area contributed by atoms with Gasteiger partial charge < -0.3 is 11.1 Å². The lowest BCUT2D eigenvalue weighted by Gasteiger charge is -2.08. The summed E-state index contributed by atoms with van der Waals surface area (Å²) in [6, 6.07) is 5.26. The number of benzene rings is 1. The molecule has 140 valence electrons. The van der Waals surface area contributed by atoms with Gasteiger partial charge in [-0.05, 0) is 61.4 Å². The van der Waals surface area contributed by atoms with Crippen LogP contribution in [-0.4, -0.2) is 23.9 Å². The van der Waals surface area contributed by atoms with Gasteiger partial charge in [-0.25, -0.2) is 0 Å². The number of carbonyl (C=O) groups excluding carboxylic acids is 2. The summed E-state index contributed by atoms with van der Waals surface area (Å²) in [4.78, 5) is 23.5. The van der Waals surface area contributed by atoms with E-state index in [1.807, 2.05) is 6.92 Å². The van der Waals surface area contributed by atoms with Gasteiger partial charge in [0.2, 0.25) is 5.91 Å². The molecule has 0 aliphatic heterocycles. The van der Waals surface area contributed by atoms with Crippen LogP contribution in [0.4, 0.5) is 13.2 Å². The minimum atomic E-state index is -4.35. The zero-order valence-corrected chi connectivity index (χ0v) is 15.0. The largest absolute Gasteiger partial charge is 0.446 e. The number of halogens is 3. The summed E-state index contributed by atoms with van der Waals surface area (Å²) in [5, 5.41) is 2.73. The number of amides is 2. The van der Waals surface area contributed by atoms with Crippen LogP contribution in [0.3, 0.4) is 0 Å². The van der Waals surface area contributed by atoms with Gasteiger partial charge in [-0.2, -0.15) is 13.2 Å². The van der Waals surface area contributed by atoms with E-state index in [-0.39, 0.29) is 22.6 Å². The molecule has 2 rings (SSSR count). The molecular weight excluding hydrogens is 365 g/mol. The second-order valence-electron chi connectivity index (χ2n) is 5.79. The highest BCUT2D eigenvalue weighted by atomic mass is 32.2. The molecule has 2 amide bonds. The summed E-state index contributed by atoms with van der Waals surface area (Å²) in [5.74, 6) is -0.802. The topological polar surface area (TPSA) is 72.2 Å². The van der Waals surface area contributed by atoms with Gasteiger partial charge >= 0.3 is 5.51 Å². The zero-order chi connectivity index (χ0) is 19.3. The third kappa shape index (κ3) is 5.66. The second-order valence-corrected chi connectivity index (χ2v) is 6.93. The third-order valence-electron chi connectivity index (χ3n) is 3.94. The lowest BCUT2D eigenvalue weighted by molar-refractivity contribution is -0.114. The van der Waals surface area contributed by atoms with Crippen LogP contribution in [0.25, 0.3) is 0 Å². The number of nitrogens with two attached hydrogens (primary N) is 1. The van der Waals surface area contributed by atoms with Crippen molar-refractivity contribution in [2.75, 3.05) is 6.54 Å². The molecule has 8 heteroatoms. The van der Waals surface area contributed by atoms with Crippen LogP contribution in [0.1, 0.15) is 36.5 Å². The van der Waals surface area contributed by atoms with Crippen molar-refractivity contribution < 1.29 is 22.8 Å². The van der Waals surface area contributed by atoms with E-state index in [0.29, 0.717) is 30.5 Å². The number of rotatable bonds is 7. The first-order valence-corrected chi connectivity index (χ1v) is 8.86. The highest BCUT2D eigenvalue weighted by Crippen LogP contribution is 2.36. The monoisotopic (exact) mass is 384 g/mol. The lowest BCUT2D eigenvalue weighted by atomic mass is 10.1. The van der Waals surface area contributed by atoms with Crippen LogP contribution < -0.4 is 11.1 Å². The molecule has 0 saturated carbocycles. The summed E-state index contributed by atoms with van der Waals surface area (Å²) in [5.41, 5.74) is 3.85. The van der Waals surface area contributed by atoms with Crippen molar-refractivity contribution in [3.63, 3.8) is 0 Å². The first-order valence-electron chi connectivity index (χ1n) is 8.05. The van der Waals surface area contributed by atoms with Gasteiger partial charge in [-0.1, -0.05) is 18.1 Å². The Morgan fingerprint density at radius 1 is 1.23 bits per heavy atom. The van der Waals surface area contributed by atoms with Crippen LogP contribution >= 0.6 is 11.8 Å². The number of primary amides is 1. The highest BCUT2D eigenvalue weighted by Gasteiger charge is 2.29. The Kier molecular flexibility index (Phi) is 6.52. The van der Waals surface area contributed by atoms with Crippen LogP contribution in [0.2, 0.25) is 0 Å². The molecular formula is C18H19F3N2O2S. The number of thioether (sulfide) groups is 1. The van der Waals surface area contributed by atoms with Crippen LogP contribution in [0.15, 0.2) is 52.0 Å². The van der Waals surface area contributed by atoms with Gasteiger partial charge in [0.15, 0.2) is 0 Å². The summed E-state index contributed by atoms with van der Waals surface area (Å²) >= 11 is -0.221. The summed E-state index contributed by atoms with van der Waals surface area (Å²) in [6.07, 6.45) is 3.77. The fourth-order valence-electron chi connectivity index (χ4n) is 2.69. The van der Waals surface area contributed by atoms with Crippen molar-refractivity contribution in [1.29, 1.82) is 0 Å². The van der Waals surface area contributed by atoms with Crippen molar-refractivity contribution in [3.8, 4) is 0 Å². The summed E-state index contributed by atoms with van der Waals surface area (Å²) in [6.45, 7) is 2.32. The van der Waals surface area contributed by atoms with Gasteiger partial charge in [0.25, 0.3) is 5.91 Å². The molecule has 0 fully saturated rings. The van der Waals surface area contributed by atoms with E-state index in [1.54, 1.807) is 6.08 Å². The molecule has 0 bridgehead atoms. The molecule has 26 heavy (non-hydrogen) atoms. The van der Waals surface area contributed by atoms with Crippen molar-refractivity contribution in [2.45, 2.75) is 36.6 Å². The zero-order valence-electron chi connectivity index (χ0n) is 14.2. The number of nitrogens with one attached hydrogen (secondary N) is 1. The molecule has 0 atom stereocenters. The van der Waals surface area contributed by atoms with Gasteiger partial charge in [0.05, 0.1) is 0 Å². The average Bonchev–Trinajstić information content (AvgIpc) is 2.97. The Morgan fingerprint density at radius 2 is 1.88 bits per heavy atom. The molecule has 0 radical (unpaired) electrons. The summed E-state index contributed by atoms with van der Waals surface area (Å²) < 4.78 is 36.9. The normalized spacial score (nSPS) is 14.4. The van der Waals surface area contributed by atoms with E-state index in [2.05, 4.69) is 5.32 Å². The maximum Gasteiger partial charge on any atom is 0.446 e. The Morgan fingerprint density at radius 3 is 2.38 bits per heavy atom. The predicted octanol–water partition coefficient (Wildman–Crippen LogP) is 3.94. The van der Waals surface area contributed by atoms with Gasteiger partial charge in [0, 0.05) is 22.6 Å². The molecule has 0 unspecified atom stereocenters. The quantitative estimate of drug-likeness (QED) is 0.700. The molecule has 0 saturated heterocycles. The molecule has 0 spiro atoms. The SMILES string of the molecule is CCC1=C(C(N)=O)C=C(CCNC(=O)c2ccc(SC(F)(F)F)cc2)C1. The molecule has 1 aliphatic carbocycles. The van der Waals surface area contributed by atoms with Crippen LogP contribution in [-0.2, 0) is 4.79 Å². The Hall–Kier alpha value is -2.22. The Bertz CT molecular complexity index is 753. The maximum atomic E-state index is 12.3. The number of hydrogen-bond donors (Lipinski definition) is 2. The van der Waals surface area contributed by atoms with Crippen molar-refractivity contribution in [2.24, 2.45) is 5.73 Å². The fourth-order valence-corrected chi connectivity index (χ4v) is 3.23. The first kappa shape index (κ1) is 20.1. The van der Waals surface area contributed by atoms with Crippen molar-refractivity contribution in [1.82, 2.24) is 5.32 Å². The fraction of sp³-hybridized carbons (Fsp3) is 0.333. The van der Waals surface area contributed by atoms with Gasteiger partial charge in [0.1, 0.15) is 0 Å². The second kappa shape index (κ2) is 8.44. The predicted molar refractivity (Wildman–Crippen MR) is 94.5 cm³/mol. The number of hydrogen-bond acceptors (Lipinski definition) is 3. The first-order chi connectivity index (χ1) is 12.2. The van der Waals surface area contributed by atoms with Crippen LogP contribution in [0, 0.1) is 0 Å². The molecule has 3 N–H and O–H groups in total. The minimum Gasteiger partial charge on any atom is -0.366 e. The van der Waals surface area contributed by atoms with Crippen molar-refractivity contribution >= 4 is 23.6 Å². The highest BCUT2D eigenvalue weighted by molar-refractivity contribution is 8.00. The molecule has 1 aromatic carbocycles. The minimum absolute atomic E-state index is 0.0299. The van der Waals surface area contributed by atoms with Gasteiger partial charge in [-0.15, -0.1) is 0 Å². The van der Waals surface area contributed by atoms with E-state index < -0.39 is 11.4 Å². The van der Waals surface area contributed by atoms with E-state index in [1.165, 1.54) is 24.3 Å². The smallest absolute Gasteiger partial charge is 0.366 e. The van der Waals surface area contributed by atoms with E-state index in [0.717, 1.165) is 17.6 Å². The Labute approximate surface area is 153 Å². The van der Waals surface area contributed by atoms with Gasteiger partial charge in [-0.3, -0.25) is 9.59 Å². The lowest BCUT2D eigenvalue weighted by Crippen LogP contribution is -2.24. The maximum absolute atomic E-state index is 12.3. The Balaban J connectivity index is 1.84. The molecule has 1 aromatic rings. The number of allylic oxidation sites excluding steroid dienone is 1. The summed E-state index contributed by atoms with van der Waals surface area (Å²) in [7, 11) is 0. The molecule has 0 aromatic heterocycles. The molecule has 1 aliphatic rings. The molecule has 0 heterocycles. The average molecular weight is 384 g/mol. The number of alkyl halides is 3. The van der Waals surface area contributed by atoms with Crippen LogP contribution in [0.5, 0.6) is 0 Å². The standard InChI is InChI=1S/C18H19F3N2O2S/c1-2-12-9-11(10-15(12)16(22)24)7-8-23-17(25)13-3-5-14(6-4-13)26-18(19,20)21/h3-6,10H,2,7-9H2,1H3,(H2,22,24)(H,23,25). The van der Waals surface area contributed by atoms with Crippen molar-refractivity contribution in [3.05, 3.63) is 52.6 Å².